The van der Waals surface area contributed by atoms with Crippen LogP contribution in [0.5, 0.6) is 0 Å². The molecule has 1 aromatic rings. The first-order chi connectivity index (χ1) is 6.98. The molecule has 0 amide bonds. The van der Waals surface area contributed by atoms with E-state index >= 15 is 0 Å². The van der Waals surface area contributed by atoms with Gasteiger partial charge in [-0.2, -0.15) is 4.31 Å². The van der Waals surface area contributed by atoms with Crippen LogP contribution < -0.4 is 0 Å². The van der Waals surface area contributed by atoms with Gasteiger partial charge in [-0.1, -0.05) is 0 Å². The van der Waals surface area contributed by atoms with Crippen molar-refractivity contribution in [2.24, 2.45) is 0 Å². The standard InChI is InChI=1S/C10H16N2O2S/c1-8-6-11-10-4-3-5-12(7-9(8)10)15(2,13)14/h6,11H,3-5,7H2,1-2H3. The van der Waals surface area contributed by atoms with Gasteiger partial charge in [0.25, 0.3) is 0 Å². The highest BCUT2D eigenvalue weighted by atomic mass is 32.2. The van der Waals surface area contributed by atoms with Crippen LogP contribution >= 0.6 is 0 Å². The van der Waals surface area contributed by atoms with E-state index in [1.165, 1.54) is 11.9 Å². The van der Waals surface area contributed by atoms with E-state index in [0.717, 1.165) is 24.0 Å². The highest BCUT2D eigenvalue weighted by Crippen LogP contribution is 2.22. The quantitative estimate of drug-likeness (QED) is 0.780. The molecule has 0 aliphatic carbocycles. The van der Waals surface area contributed by atoms with Crippen LogP contribution in [-0.2, 0) is 23.0 Å². The lowest BCUT2D eigenvalue weighted by atomic mass is 10.1. The van der Waals surface area contributed by atoms with Crippen LogP contribution in [0.1, 0.15) is 23.2 Å². The number of sulfonamides is 1. The van der Waals surface area contributed by atoms with Crippen LogP contribution in [0.25, 0.3) is 0 Å². The summed E-state index contributed by atoms with van der Waals surface area (Å²) in [5.74, 6) is 0. The first kappa shape index (κ1) is 10.7. The Hall–Kier alpha value is -0.810. The van der Waals surface area contributed by atoms with Crippen molar-refractivity contribution >= 4 is 10.0 Å². The lowest BCUT2D eigenvalue weighted by Crippen LogP contribution is -2.29. The highest BCUT2D eigenvalue weighted by Gasteiger charge is 2.22. The van der Waals surface area contributed by atoms with E-state index in [9.17, 15) is 8.42 Å². The smallest absolute Gasteiger partial charge is 0.211 e. The molecule has 0 aromatic carbocycles. The number of H-pyrrole nitrogens is 1. The van der Waals surface area contributed by atoms with Crippen molar-refractivity contribution in [3.8, 4) is 0 Å². The van der Waals surface area contributed by atoms with Crippen molar-refractivity contribution in [2.45, 2.75) is 26.3 Å². The summed E-state index contributed by atoms with van der Waals surface area (Å²) >= 11 is 0. The fourth-order valence-electron chi connectivity index (χ4n) is 2.02. The molecule has 84 valence electrons. The van der Waals surface area contributed by atoms with Gasteiger partial charge in [-0.15, -0.1) is 0 Å². The van der Waals surface area contributed by atoms with Crippen LogP contribution in [0.3, 0.4) is 0 Å². The Labute approximate surface area is 90.3 Å². The second kappa shape index (κ2) is 3.64. The second-order valence-electron chi connectivity index (χ2n) is 4.13. The Morgan fingerprint density at radius 3 is 2.87 bits per heavy atom. The number of fused-ring (bicyclic) bond motifs is 1. The summed E-state index contributed by atoms with van der Waals surface area (Å²) < 4.78 is 24.6. The van der Waals surface area contributed by atoms with Crippen molar-refractivity contribution in [3.05, 3.63) is 23.0 Å². The lowest BCUT2D eigenvalue weighted by molar-refractivity contribution is 0.413. The summed E-state index contributed by atoms with van der Waals surface area (Å²) in [6, 6.07) is 0. The Morgan fingerprint density at radius 2 is 2.20 bits per heavy atom. The number of aryl methyl sites for hydroxylation is 2. The van der Waals surface area contributed by atoms with Gasteiger partial charge in [0, 0.05) is 25.0 Å². The van der Waals surface area contributed by atoms with Crippen LogP contribution in [-0.4, -0.2) is 30.5 Å². The molecule has 5 heteroatoms. The van der Waals surface area contributed by atoms with Gasteiger partial charge in [-0.3, -0.25) is 0 Å². The van der Waals surface area contributed by atoms with Gasteiger partial charge < -0.3 is 4.98 Å². The van der Waals surface area contributed by atoms with E-state index in [-0.39, 0.29) is 0 Å². The molecule has 0 atom stereocenters. The minimum Gasteiger partial charge on any atom is -0.364 e. The molecule has 0 radical (unpaired) electrons. The molecule has 0 saturated carbocycles. The molecule has 0 saturated heterocycles. The maximum absolute atomic E-state index is 11.5. The summed E-state index contributed by atoms with van der Waals surface area (Å²) in [5.41, 5.74) is 3.50. The topological polar surface area (TPSA) is 53.2 Å². The number of hydrogen-bond acceptors (Lipinski definition) is 2. The maximum Gasteiger partial charge on any atom is 0.211 e. The minimum absolute atomic E-state index is 0.517. The van der Waals surface area contributed by atoms with E-state index in [1.54, 1.807) is 4.31 Å². The molecule has 0 unspecified atom stereocenters. The molecule has 1 aliphatic heterocycles. The van der Waals surface area contributed by atoms with Crippen molar-refractivity contribution in [3.63, 3.8) is 0 Å². The molecule has 0 fully saturated rings. The third kappa shape index (κ3) is 2.08. The Kier molecular flexibility index (Phi) is 2.60. The number of aromatic amines is 1. The summed E-state index contributed by atoms with van der Waals surface area (Å²) in [4.78, 5) is 3.22. The van der Waals surface area contributed by atoms with Gasteiger partial charge >= 0.3 is 0 Å². The molecule has 15 heavy (non-hydrogen) atoms. The zero-order valence-electron chi connectivity index (χ0n) is 9.08. The molecule has 0 spiro atoms. The van der Waals surface area contributed by atoms with Gasteiger partial charge in [0.05, 0.1) is 6.26 Å². The Bertz CT molecular complexity index is 462. The number of rotatable bonds is 1. The molecule has 0 bridgehead atoms. The van der Waals surface area contributed by atoms with Crippen LogP contribution in [0.15, 0.2) is 6.20 Å². The third-order valence-electron chi connectivity index (χ3n) is 2.94. The molecule has 1 N–H and O–H groups in total. The maximum atomic E-state index is 11.5. The van der Waals surface area contributed by atoms with E-state index in [4.69, 9.17) is 0 Å². The van der Waals surface area contributed by atoms with Crippen LogP contribution in [0.4, 0.5) is 0 Å². The minimum atomic E-state index is -3.07. The van der Waals surface area contributed by atoms with E-state index in [2.05, 4.69) is 4.98 Å². The number of aromatic nitrogens is 1. The zero-order chi connectivity index (χ0) is 11.1. The Balaban J connectivity index is 2.35. The second-order valence-corrected chi connectivity index (χ2v) is 6.11. The van der Waals surface area contributed by atoms with Crippen molar-refractivity contribution < 1.29 is 8.42 Å². The molecule has 4 nitrogen and oxygen atoms in total. The Morgan fingerprint density at radius 1 is 1.47 bits per heavy atom. The molecule has 1 aromatic heterocycles. The largest absolute Gasteiger partial charge is 0.364 e. The van der Waals surface area contributed by atoms with Crippen molar-refractivity contribution in [2.75, 3.05) is 12.8 Å². The van der Waals surface area contributed by atoms with Crippen molar-refractivity contribution in [1.82, 2.24) is 9.29 Å². The molecule has 1 aliphatic rings. The molecule has 2 heterocycles. The monoisotopic (exact) mass is 228 g/mol. The molecular formula is C10H16N2O2S. The van der Waals surface area contributed by atoms with Gasteiger partial charge in [-0.05, 0) is 30.9 Å². The summed E-state index contributed by atoms with van der Waals surface area (Å²) in [7, 11) is -3.07. The number of nitrogens with zero attached hydrogens (tertiary/aromatic N) is 1. The van der Waals surface area contributed by atoms with Crippen LogP contribution in [0, 0.1) is 6.92 Å². The van der Waals surface area contributed by atoms with Crippen molar-refractivity contribution in [1.29, 1.82) is 0 Å². The van der Waals surface area contributed by atoms with E-state index in [0.29, 0.717) is 13.1 Å². The predicted octanol–water partition coefficient (Wildman–Crippen LogP) is 1.03. The lowest BCUT2D eigenvalue weighted by Gasteiger charge is -2.17. The van der Waals surface area contributed by atoms with Gasteiger partial charge in [0.2, 0.25) is 10.0 Å². The first-order valence-electron chi connectivity index (χ1n) is 5.09. The summed E-state index contributed by atoms with van der Waals surface area (Å²) in [5, 5.41) is 0. The van der Waals surface area contributed by atoms with Gasteiger partial charge in [-0.25, -0.2) is 8.42 Å². The fourth-order valence-corrected chi connectivity index (χ4v) is 2.85. The van der Waals surface area contributed by atoms with E-state index in [1.807, 2.05) is 13.1 Å². The fraction of sp³-hybridized carbons (Fsp3) is 0.600. The normalized spacial score (nSPS) is 18.5. The van der Waals surface area contributed by atoms with Gasteiger partial charge in [0.1, 0.15) is 0 Å². The van der Waals surface area contributed by atoms with E-state index < -0.39 is 10.0 Å². The predicted molar refractivity (Wildman–Crippen MR) is 59.1 cm³/mol. The molecule has 2 rings (SSSR count). The molecular weight excluding hydrogens is 212 g/mol. The first-order valence-corrected chi connectivity index (χ1v) is 6.94. The summed E-state index contributed by atoms with van der Waals surface area (Å²) in [6.07, 6.45) is 5.06. The van der Waals surface area contributed by atoms with Gasteiger partial charge in [0.15, 0.2) is 0 Å². The number of nitrogens with one attached hydrogen (secondary N) is 1. The SMILES string of the molecule is Cc1c[nH]c2c1CN(S(C)(=O)=O)CCC2. The summed E-state index contributed by atoms with van der Waals surface area (Å²) in [6.45, 7) is 3.16. The average Bonchev–Trinajstić information content (AvgIpc) is 2.38. The average molecular weight is 228 g/mol. The van der Waals surface area contributed by atoms with Crippen LogP contribution in [0.2, 0.25) is 0 Å². The zero-order valence-corrected chi connectivity index (χ0v) is 9.89. The third-order valence-corrected chi connectivity index (χ3v) is 4.19. The highest BCUT2D eigenvalue weighted by molar-refractivity contribution is 7.88. The number of hydrogen-bond donors (Lipinski definition) is 1.